The van der Waals surface area contributed by atoms with Gasteiger partial charge in [0, 0.05) is 53.6 Å². The van der Waals surface area contributed by atoms with Gasteiger partial charge in [-0.1, -0.05) is 23.7 Å². The Morgan fingerprint density at radius 2 is 1.93 bits per heavy atom. The number of hydrogen-bond acceptors (Lipinski definition) is 6. The Bertz CT molecular complexity index is 1610. The largest absolute Gasteiger partial charge is 0.486 e. The molecule has 0 saturated carbocycles. The molecule has 2 aromatic carbocycles. The van der Waals surface area contributed by atoms with Gasteiger partial charge in [-0.2, -0.15) is 0 Å². The van der Waals surface area contributed by atoms with Gasteiger partial charge in [0.2, 0.25) is 11.8 Å². The van der Waals surface area contributed by atoms with E-state index < -0.39 is 29.8 Å². The summed E-state index contributed by atoms with van der Waals surface area (Å²) in [6.45, 7) is 0.922. The molecule has 5 rings (SSSR count). The molecule has 9 nitrogen and oxygen atoms in total. The number of likely N-dealkylation sites (tertiary alicyclic amines) is 1. The number of ether oxygens (including phenoxy) is 1. The number of halogens is 3. The first kappa shape index (κ1) is 28.2. The molecule has 3 heterocycles. The first-order chi connectivity index (χ1) is 19.7. The zero-order chi connectivity index (χ0) is 29.1. The number of fused-ring (bicyclic) bond motifs is 1. The maximum atomic E-state index is 14.4. The maximum Gasteiger partial charge on any atom is 0.243 e. The molecule has 0 spiro atoms. The van der Waals surface area contributed by atoms with E-state index in [-0.39, 0.29) is 49.0 Å². The third-order valence-electron chi connectivity index (χ3n) is 6.88. The van der Waals surface area contributed by atoms with Crippen LogP contribution in [0.1, 0.15) is 35.1 Å². The van der Waals surface area contributed by atoms with Gasteiger partial charge >= 0.3 is 0 Å². The Morgan fingerprint density at radius 1 is 1.15 bits per heavy atom. The molecule has 0 bridgehead atoms. The second-order valence-corrected chi connectivity index (χ2v) is 10.1. The highest BCUT2D eigenvalue weighted by molar-refractivity contribution is 6.30. The number of rotatable bonds is 9. The summed E-state index contributed by atoms with van der Waals surface area (Å²) in [4.78, 5) is 48.1. The molecular formula is C29H26ClF2N5O4. The van der Waals surface area contributed by atoms with Crippen molar-refractivity contribution in [3.8, 4) is 5.75 Å². The van der Waals surface area contributed by atoms with Crippen molar-refractivity contribution in [3.63, 3.8) is 0 Å². The van der Waals surface area contributed by atoms with E-state index in [1.54, 1.807) is 53.5 Å². The Balaban J connectivity index is 1.31. The van der Waals surface area contributed by atoms with E-state index in [4.69, 9.17) is 16.3 Å². The molecule has 1 fully saturated rings. The minimum absolute atomic E-state index is 0.0778. The third-order valence-corrected chi connectivity index (χ3v) is 7.17. The van der Waals surface area contributed by atoms with Crippen molar-refractivity contribution in [2.75, 3.05) is 6.54 Å². The van der Waals surface area contributed by atoms with Crippen molar-refractivity contribution in [2.24, 2.45) is 0 Å². The third kappa shape index (κ3) is 6.19. The molecule has 2 amide bonds. The number of Topliss-reactive ketones (excluding diaryl/α,β-unsaturated/α-hetero) is 1. The number of amides is 2. The second kappa shape index (κ2) is 12.0. The lowest BCUT2D eigenvalue weighted by Crippen LogP contribution is -2.46. The van der Waals surface area contributed by atoms with E-state index in [9.17, 15) is 23.2 Å². The van der Waals surface area contributed by atoms with E-state index in [2.05, 4.69) is 15.3 Å². The summed E-state index contributed by atoms with van der Waals surface area (Å²) in [5.41, 5.74) is 1.16. The van der Waals surface area contributed by atoms with Crippen molar-refractivity contribution < 1.29 is 27.9 Å². The molecule has 2 atom stereocenters. The van der Waals surface area contributed by atoms with E-state index in [1.807, 2.05) is 0 Å². The monoisotopic (exact) mass is 581 g/mol. The van der Waals surface area contributed by atoms with E-state index in [1.165, 1.54) is 24.0 Å². The normalized spacial score (nSPS) is 16.6. The smallest absolute Gasteiger partial charge is 0.243 e. The lowest BCUT2D eigenvalue weighted by atomic mass is 10.1. The SMILES string of the molecule is CC(=O)c1cn(CC(=O)N2C[C@H](F)C[C@H]2C(=O)NCc2cccc(Cl)c2F)c2ccc(OCc3ncccn3)cc12. The fourth-order valence-corrected chi connectivity index (χ4v) is 5.05. The highest BCUT2D eigenvalue weighted by Crippen LogP contribution is 2.28. The quantitative estimate of drug-likeness (QED) is 0.296. The van der Waals surface area contributed by atoms with Gasteiger partial charge < -0.3 is 19.5 Å². The fraction of sp³-hybridized carbons (Fsp3) is 0.276. The van der Waals surface area contributed by atoms with Crippen molar-refractivity contribution in [1.29, 1.82) is 0 Å². The summed E-state index contributed by atoms with van der Waals surface area (Å²) in [5.74, 6) is -0.961. The van der Waals surface area contributed by atoms with Crippen LogP contribution in [0.4, 0.5) is 8.78 Å². The highest BCUT2D eigenvalue weighted by atomic mass is 35.5. The number of benzene rings is 2. The zero-order valence-electron chi connectivity index (χ0n) is 22.0. The van der Waals surface area contributed by atoms with Crippen LogP contribution in [0.25, 0.3) is 10.9 Å². The molecule has 41 heavy (non-hydrogen) atoms. The number of nitrogens with zero attached hydrogens (tertiary/aromatic N) is 4. The molecule has 1 N–H and O–H groups in total. The molecular weight excluding hydrogens is 556 g/mol. The van der Waals surface area contributed by atoms with Crippen molar-refractivity contribution in [2.45, 2.75) is 45.3 Å². The Hall–Kier alpha value is -4.38. The first-order valence-corrected chi connectivity index (χ1v) is 13.3. The van der Waals surface area contributed by atoms with Crippen LogP contribution in [0.2, 0.25) is 5.02 Å². The molecule has 0 unspecified atom stereocenters. The lowest BCUT2D eigenvalue weighted by molar-refractivity contribution is -0.139. The van der Waals surface area contributed by atoms with E-state index >= 15 is 0 Å². The predicted octanol–water partition coefficient (Wildman–Crippen LogP) is 4.26. The van der Waals surface area contributed by atoms with Crippen LogP contribution in [0, 0.1) is 5.82 Å². The van der Waals surface area contributed by atoms with Gasteiger partial charge in [0.15, 0.2) is 11.6 Å². The van der Waals surface area contributed by atoms with Crippen LogP contribution < -0.4 is 10.1 Å². The summed E-state index contributed by atoms with van der Waals surface area (Å²) in [7, 11) is 0. The average Bonchev–Trinajstić information content (AvgIpc) is 3.53. The van der Waals surface area contributed by atoms with Crippen LogP contribution in [-0.2, 0) is 29.3 Å². The van der Waals surface area contributed by atoms with Crippen molar-refractivity contribution >= 4 is 40.1 Å². The Labute approximate surface area is 239 Å². The van der Waals surface area contributed by atoms with Gasteiger partial charge in [0.05, 0.1) is 11.6 Å². The number of nitrogens with one attached hydrogen (secondary N) is 1. The second-order valence-electron chi connectivity index (χ2n) is 9.69. The predicted molar refractivity (Wildman–Crippen MR) is 147 cm³/mol. The van der Waals surface area contributed by atoms with E-state index in [0.29, 0.717) is 28.0 Å². The number of hydrogen-bond donors (Lipinski definition) is 1. The van der Waals surface area contributed by atoms with Crippen LogP contribution in [0.15, 0.2) is 61.1 Å². The summed E-state index contributed by atoms with van der Waals surface area (Å²) < 4.78 is 36.1. The standard InChI is InChI=1S/C29H26ClF2N5O4/c1-17(38)22-14-36(24-7-6-20(11-21(22)24)41-16-26-33-8-3-9-34-26)15-27(39)37-13-19(31)10-25(37)29(40)35-12-18-4-2-5-23(30)28(18)32/h2-9,11,14,19,25H,10,12-13,15-16H2,1H3,(H,35,40)/t19-,25+/m1/s1. The fourth-order valence-electron chi connectivity index (χ4n) is 4.86. The highest BCUT2D eigenvalue weighted by Gasteiger charge is 2.39. The topological polar surface area (TPSA) is 106 Å². The summed E-state index contributed by atoms with van der Waals surface area (Å²) >= 11 is 5.80. The lowest BCUT2D eigenvalue weighted by Gasteiger charge is -2.24. The summed E-state index contributed by atoms with van der Waals surface area (Å²) in [6, 6.07) is 10.2. The van der Waals surface area contributed by atoms with Gasteiger partial charge in [-0.15, -0.1) is 0 Å². The molecule has 1 aliphatic heterocycles. The minimum Gasteiger partial charge on any atom is -0.486 e. The van der Waals surface area contributed by atoms with Gasteiger partial charge in [-0.05, 0) is 37.3 Å². The molecule has 12 heteroatoms. The maximum absolute atomic E-state index is 14.4. The summed E-state index contributed by atoms with van der Waals surface area (Å²) in [5, 5.41) is 3.09. The van der Waals surface area contributed by atoms with Gasteiger partial charge in [0.25, 0.3) is 0 Å². The van der Waals surface area contributed by atoms with Gasteiger partial charge in [-0.3, -0.25) is 14.4 Å². The Kier molecular flexibility index (Phi) is 8.25. The molecule has 4 aromatic rings. The van der Waals surface area contributed by atoms with Crippen LogP contribution in [0.5, 0.6) is 5.75 Å². The number of ketones is 1. The molecule has 1 saturated heterocycles. The molecule has 0 aliphatic carbocycles. The van der Waals surface area contributed by atoms with Crippen molar-refractivity contribution in [3.05, 3.63) is 88.8 Å². The zero-order valence-corrected chi connectivity index (χ0v) is 22.8. The minimum atomic E-state index is -1.39. The van der Waals surface area contributed by atoms with Gasteiger partial charge in [-0.25, -0.2) is 18.7 Å². The molecule has 0 radical (unpaired) electrons. The number of carbonyl (C=O) groups excluding carboxylic acids is 3. The van der Waals surface area contributed by atoms with Crippen LogP contribution >= 0.6 is 11.6 Å². The number of aromatic nitrogens is 3. The molecule has 212 valence electrons. The van der Waals surface area contributed by atoms with Gasteiger partial charge in [0.1, 0.15) is 36.9 Å². The van der Waals surface area contributed by atoms with Crippen LogP contribution in [-0.4, -0.2) is 55.8 Å². The molecule has 2 aromatic heterocycles. The average molecular weight is 582 g/mol. The van der Waals surface area contributed by atoms with Crippen LogP contribution in [0.3, 0.4) is 0 Å². The van der Waals surface area contributed by atoms with E-state index in [0.717, 1.165) is 0 Å². The first-order valence-electron chi connectivity index (χ1n) is 12.9. The Morgan fingerprint density at radius 3 is 2.68 bits per heavy atom. The number of carbonyl (C=O) groups is 3. The van der Waals surface area contributed by atoms with Crippen molar-refractivity contribution in [1.82, 2.24) is 24.8 Å². The molecule has 1 aliphatic rings. The number of alkyl halides is 1. The summed E-state index contributed by atoms with van der Waals surface area (Å²) in [6.07, 6.45) is 3.22.